The van der Waals surface area contributed by atoms with Crippen LogP contribution in [-0.4, -0.2) is 66.7 Å². The van der Waals surface area contributed by atoms with Gasteiger partial charge in [0.2, 0.25) is 14.8 Å². The second-order valence-corrected chi connectivity index (χ2v) is 11.4. The van der Waals surface area contributed by atoms with Gasteiger partial charge in [-0.1, -0.05) is 48.3 Å². The molecule has 0 radical (unpaired) electrons. The summed E-state index contributed by atoms with van der Waals surface area (Å²) in [4.78, 5) is 8.04. The van der Waals surface area contributed by atoms with Crippen molar-refractivity contribution in [3.8, 4) is 10.6 Å². The summed E-state index contributed by atoms with van der Waals surface area (Å²) < 4.78 is 29.7. The second kappa shape index (κ2) is 9.08. The second-order valence-electron chi connectivity index (χ2n) is 8.09. The molecule has 1 aromatic heterocycles. The predicted octanol–water partition coefficient (Wildman–Crippen LogP) is 2.97. The molecule has 7 nitrogen and oxygen atoms in total. The van der Waals surface area contributed by atoms with Crippen molar-refractivity contribution in [3.05, 3.63) is 28.0 Å². The molecule has 4 rings (SSSR count). The molecule has 0 amide bonds. The van der Waals surface area contributed by atoms with Crippen LogP contribution in [0, 0.1) is 0 Å². The Morgan fingerprint density at radius 3 is 2.50 bits per heavy atom. The van der Waals surface area contributed by atoms with Gasteiger partial charge in [0.25, 0.3) is 0 Å². The van der Waals surface area contributed by atoms with Crippen molar-refractivity contribution in [1.82, 2.24) is 19.0 Å². The van der Waals surface area contributed by atoms with Gasteiger partial charge < -0.3 is 4.90 Å². The van der Waals surface area contributed by atoms with Crippen molar-refractivity contribution in [2.45, 2.75) is 43.0 Å². The van der Waals surface area contributed by atoms with E-state index in [9.17, 15) is 8.42 Å². The van der Waals surface area contributed by atoms with Crippen molar-refractivity contribution >= 4 is 33.0 Å². The number of sulfonamides is 1. The largest absolute Gasteiger partial charge is 0.304 e. The van der Waals surface area contributed by atoms with Gasteiger partial charge in [0.15, 0.2) is 0 Å². The lowest BCUT2D eigenvalue weighted by Crippen LogP contribution is -2.47. The molecule has 30 heavy (non-hydrogen) atoms. The number of rotatable bonds is 4. The Hall–Kier alpha value is -1.26. The molecule has 164 valence electrons. The van der Waals surface area contributed by atoms with Gasteiger partial charge in [0.1, 0.15) is 9.90 Å². The van der Waals surface area contributed by atoms with Crippen molar-refractivity contribution in [3.63, 3.8) is 0 Å². The van der Waals surface area contributed by atoms with Crippen molar-refractivity contribution in [1.29, 1.82) is 0 Å². The van der Waals surface area contributed by atoms with E-state index < -0.39 is 10.0 Å². The normalized spacial score (nSPS) is 20.7. The maximum absolute atomic E-state index is 13.2. The van der Waals surface area contributed by atoms with Crippen LogP contribution >= 0.6 is 22.9 Å². The Labute approximate surface area is 187 Å². The minimum absolute atomic E-state index is 0.148. The van der Waals surface area contributed by atoms with E-state index in [-0.39, 0.29) is 9.92 Å². The van der Waals surface area contributed by atoms with Crippen molar-refractivity contribution in [2.24, 2.45) is 12.0 Å². The zero-order valence-electron chi connectivity index (χ0n) is 17.4. The zero-order chi connectivity index (χ0) is 21.3. The number of benzene rings is 1. The molecule has 1 aromatic carbocycles. The van der Waals surface area contributed by atoms with E-state index in [2.05, 4.69) is 10.00 Å². The third kappa shape index (κ3) is 4.65. The number of nitrogens with zero attached hydrogens (tertiary/aromatic N) is 5. The molecule has 2 aromatic rings. The molecule has 10 heteroatoms. The lowest BCUT2D eigenvalue weighted by molar-refractivity contribution is 0.222. The van der Waals surface area contributed by atoms with Crippen molar-refractivity contribution in [2.75, 3.05) is 33.2 Å². The molecular weight excluding hydrogens is 442 g/mol. The fourth-order valence-electron chi connectivity index (χ4n) is 3.95. The Morgan fingerprint density at radius 1 is 1.10 bits per heavy atom. The van der Waals surface area contributed by atoms with Gasteiger partial charge in [-0.2, -0.15) is 9.40 Å². The van der Waals surface area contributed by atoms with Gasteiger partial charge in [-0.05, 0) is 32.0 Å². The van der Waals surface area contributed by atoms with E-state index in [4.69, 9.17) is 16.6 Å². The van der Waals surface area contributed by atoms with Crippen molar-refractivity contribution < 1.29 is 8.42 Å². The summed E-state index contributed by atoms with van der Waals surface area (Å²) in [5.74, 6) is 0. The molecule has 0 atom stereocenters. The molecule has 1 aliphatic heterocycles. The number of likely N-dealkylation sites (N-methyl/N-ethyl adjacent to an activating group) is 1. The molecule has 2 fully saturated rings. The SMILES string of the molecule is CN1CCN(S(=O)(=O)c2cc(-c3nn(C)/c(=N\C4CCCCC4)s3)ccc2Cl)CC1. The zero-order valence-corrected chi connectivity index (χ0v) is 19.8. The van der Waals surface area contributed by atoms with Gasteiger partial charge in [-0.25, -0.2) is 13.1 Å². The van der Waals surface area contributed by atoms with E-state index in [0.717, 1.165) is 28.2 Å². The number of aromatic nitrogens is 2. The molecule has 0 bridgehead atoms. The number of aryl methyl sites for hydroxylation is 1. The Balaban J connectivity index is 1.65. The van der Waals surface area contributed by atoms with Gasteiger partial charge in [0.05, 0.1) is 11.1 Å². The maximum Gasteiger partial charge on any atom is 0.244 e. The molecule has 0 spiro atoms. The maximum atomic E-state index is 13.2. The van der Waals surface area contributed by atoms with E-state index in [1.54, 1.807) is 16.8 Å². The van der Waals surface area contributed by atoms with Crippen LogP contribution in [0.25, 0.3) is 10.6 Å². The fraction of sp³-hybridized carbons (Fsp3) is 0.600. The number of piperazine rings is 1. The fourth-order valence-corrected chi connectivity index (χ4v) is 6.82. The third-order valence-electron chi connectivity index (χ3n) is 5.83. The number of halogens is 1. The molecule has 1 saturated heterocycles. The average molecular weight is 470 g/mol. The summed E-state index contributed by atoms with van der Waals surface area (Å²) in [6.45, 7) is 2.36. The average Bonchev–Trinajstić information content (AvgIpc) is 3.09. The van der Waals surface area contributed by atoms with Crippen LogP contribution in [0.15, 0.2) is 28.1 Å². The summed E-state index contributed by atoms with van der Waals surface area (Å²) in [6, 6.07) is 5.49. The Morgan fingerprint density at radius 2 is 1.80 bits per heavy atom. The first-order chi connectivity index (χ1) is 14.3. The van der Waals surface area contributed by atoms with Crippen LogP contribution < -0.4 is 4.80 Å². The molecule has 0 unspecified atom stereocenters. The lowest BCUT2D eigenvalue weighted by Gasteiger charge is -2.31. The summed E-state index contributed by atoms with van der Waals surface area (Å²) in [5, 5.41) is 5.59. The predicted molar refractivity (Wildman–Crippen MR) is 120 cm³/mol. The summed E-state index contributed by atoms with van der Waals surface area (Å²) >= 11 is 7.82. The summed E-state index contributed by atoms with van der Waals surface area (Å²) in [6.07, 6.45) is 6.01. The molecule has 0 N–H and O–H groups in total. The van der Waals surface area contributed by atoms with Crippen LogP contribution in [0.1, 0.15) is 32.1 Å². The monoisotopic (exact) mass is 469 g/mol. The molecule has 2 heterocycles. The Kier molecular flexibility index (Phi) is 6.64. The van der Waals surface area contributed by atoms with Crippen LogP contribution in [0.2, 0.25) is 5.02 Å². The van der Waals surface area contributed by atoms with Crippen LogP contribution in [0.5, 0.6) is 0 Å². The minimum atomic E-state index is -3.65. The van der Waals surface area contributed by atoms with Gasteiger partial charge in [-0.3, -0.25) is 4.99 Å². The Bertz CT molecular complexity index is 1070. The first kappa shape index (κ1) is 22.0. The van der Waals surface area contributed by atoms with Gasteiger partial charge in [0, 0.05) is 38.8 Å². The number of hydrogen-bond donors (Lipinski definition) is 0. The van der Waals surface area contributed by atoms with Gasteiger partial charge in [-0.15, -0.1) is 0 Å². The highest BCUT2D eigenvalue weighted by Gasteiger charge is 2.29. The first-order valence-electron chi connectivity index (χ1n) is 10.4. The highest BCUT2D eigenvalue weighted by molar-refractivity contribution is 7.89. The van der Waals surface area contributed by atoms with Crippen LogP contribution in [-0.2, 0) is 17.1 Å². The summed E-state index contributed by atoms with van der Waals surface area (Å²) in [5.41, 5.74) is 0.748. The molecule has 1 saturated carbocycles. The van der Waals surface area contributed by atoms with Crippen LogP contribution in [0.4, 0.5) is 0 Å². The van der Waals surface area contributed by atoms with Crippen LogP contribution in [0.3, 0.4) is 0 Å². The number of hydrogen-bond acceptors (Lipinski definition) is 6. The van der Waals surface area contributed by atoms with Gasteiger partial charge >= 0.3 is 0 Å². The molecule has 1 aliphatic carbocycles. The highest BCUT2D eigenvalue weighted by Crippen LogP contribution is 2.31. The molecule has 2 aliphatic rings. The standard InChI is InChI=1S/C20H28ClN5O2S2/c1-24-10-12-26(13-11-24)30(27,28)18-14-15(8-9-17(18)21)19-23-25(2)20(29-19)22-16-6-4-3-5-7-16/h8-9,14,16H,3-7,10-13H2,1-2H3/b22-20+. The van der Waals surface area contributed by atoms with E-state index in [0.29, 0.717) is 32.2 Å². The summed E-state index contributed by atoms with van der Waals surface area (Å²) in [7, 11) is 0.233. The minimum Gasteiger partial charge on any atom is -0.304 e. The lowest BCUT2D eigenvalue weighted by atomic mass is 9.96. The van der Waals surface area contributed by atoms with E-state index in [1.807, 2.05) is 20.2 Å². The first-order valence-corrected chi connectivity index (χ1v) is 13.0. The van der Waals surface area contributed by atoms with E-state index >= 15 is 0 Å². The van der Waals surface area contributed by atoms with E-state index in [1.165, 1.54) is 34.9 Å². The topological polar surface area (TPSA) is 70.8 Å². The smallest absolute Gasteiger partial charge is 0.244 e. The third-order valence-corrected chi connectivity index (χ3v) is 9.27. The molecular formula is C20H28ClN5O2S2. The quantitative estimate of drug-likeness (QED) is 0.690. The highest BCUT2D eigenvalue weighted by atomic mass is 35.5.